The molecule has 1 aromatic rings. The second kappa shape index (κ2) is 5.87. The first-order valence-electron chi connectivity index (χ1n) is 6.67. The van der Waals surface area contributed by atoms with Crippen LogP contribution in [0.4, 0.5) is 4.79 Å². The summed E-state index contributed by atoms with van der Waals surface area (Å²) >= 11 is 0. The minimum Gasteiger partial charge on any atom is -0.446 e. The molecule has 1 heterocycles. The largest absolute Gasteiger partial charge is 0.446 e. The highest BCUT2D eigenvalue weighted by atomic mass is 16.6. The average Bonchev–Trinajstić information content (AvgIpc) is 2.81. The molecule has 1 aliphatic rings. The number of carbonyl (C=O) groups is 2. The summed E-state index contributed by atoms with van der Waals surface area (Å²) in [6.45, 7) is 4.29. The summed E-state index contributed by atoms with van der Waals surface area (Å²) in [6, 6.07) is 9.24. The first kappa shape index (κ1) is 13.6. The van der Waals surface area contributed by atoms with Crippen LogP contribution in [0.3, 0.4) is 0 Å². The van der Waals surface area contributed by atoms with Gasteiger partial charge in [0.2, 0.25) is 5.91 Å². The molecule has 1 aromatic carbocycles. The normalized spacial score (nSPS) is 20.2. The van der Waals surface area contributed by atoms with E-state index >= 15 is 0 Å². The van der Waals surface area contributed by atoms with Gasteiger partial charge in [0.25, 0.3) is 0 Å². The average molecular weight is 261 g/mol. The van der Waals surface area contributed by atoms with Crippen LogP contribution in [0.15, 0.2) is 30.3 Å². The molecule has 0 aliphatic carbocycles. The van der Waals surface area contributed by atoms with Gasteiger partial charge in [-0.25, -0.2) is 9.69 Å². The maximum Gasteiger partial charge on any atom is 0.417 e. The van der Waals surface area contributed by atoms with Crippen LogP contribution in [0.2, 0.25) is 0 Å². The predicted molar refractivity (Wildman–Crippen MR) is 71.4 cm³/mol. The highest BCUT2D eigenvalue weighted by Gasteiger charge is 2.38. The lowest BCUT2D eigenvalue weighted by Crippen LogP contribution is -2.35. The molecule has 0 N–H and O–H groups in total. The molecule has 4 nitrogen and oxygen atoms in total. The molecule has 0 aromatic heterocycles. The lowest BCUT2D eigenvalue weighted by molar-refractivity contribution is -0.130. The Balaban J connectivity index is 2.16. The van der Waals surface area contributed by atoms with Crippen LogP contribution in [0.5, 0.6) is 0 Å². The molecule has 19 heavy (non-hydrogen) atoms. The summed E-state index contributed by atoms with van der Waals surface area (Å²) in [5, 5.41) is 0. The molecule has 2 amide bonds. The van der Waals surface area contributed by atoms with Crippen LogP contribution >= 0.6 is 0 Å². The van der Waals surface area contributed by atoms with Gasteiger partial charge in [0.15, 0.2) is 0 Å². The van der Waals surface area contributed by atoms with E-state index in [9.17, 15) is 9.59 Å². The van der Waals surface area contributed by atoms with Crippen LogP contribution in [-0.4, -0.2) is 23.5 Å². The molecule has 2 atom stereocenters. The Kier molecular flexibility index (Phi) is 4.20. The van der Waals surface area contributed by atoms with Gasteiger partial charge in [-0.3, -0.25) is 4.79 Å². The van der Waals surface area contributed by atoms with Crippen molar-refractivity contribution in [1.29, 1.82) is 0 Å². The summed E-state index contributed by atoms with van der Waals surface area (Å²) < 4.78 is 5.04. The highest BCUT2D eigenvalue weighted by Crippen LogP contribution is 2.29. The van der Waals surface area contributed by atoms with Gasteiger partial charge in [0.1, 0.15) is 12.6 Å². The van der Waals surface area contributed by atoms with Crippen LogP contribution in [0.1, 0.15) is 38.3 Å². The van der Waals surface area contributed by atoms with Gasteiger partial charge in [-0.2, -0.15) is 0 Å². The maximum atomic E-state index is 12.2. The lowest BCUT2D eigenvalue weighted by Gasteiger charge is -2.21. The predicted octanol–water partition coefficient (Wildman–Crippen LogP) is 3.14. The molecule has 0 spiro atoms. The number of imide groups is 1. The summed E-state index contributed by atoms with van der Waals surface area (Å²) in [5.74, 6) is 0.128. The van der Waals surface area contributed by atoms with Gasteiger partial charge in [0.05, 0.1) is 0 Å². The molecule has 1 saturated heterocycles. The molecule has 0 saturated carbocycles. The molecule has 0 radical (unpaired) electrons. The van der Waals surface area contributed by atoms with Crippen molar-refractivity contribution in [1.82, 2.24) is 4.90 Å². The second-order valence-electron chi connectivity index (χ2n) is 4.98. The standard InChI is InChI=1S/C15H19NO3/c1-3-11(2)9-14(17)16-13(10-19-15(16)18)12-7-5-4-6-8-12/h4-8,11,13H,3,9-10H2,1-2H3/t11-,13+/m1/s1. The zero-order chi connectivity index (χ0) is 13.8. The summed E-state index contributed by atoms with van der Waals surface area (Å²) in [4.78, 5) is 25.3. The molecule has 102 valence electrons. The van der Waals surface area contributed by atoms with Crippen LogP contribution in [0.25, 0.3) is 0 Å². The van der Waals surface area contributed by atoms with Crippen molar-refractivity contribution in [2.24, 2.45) is 5.92 Å². The van der Waals surface area contributed by atoms with E-state index in [1.807, 2.05) is 44.2 Å². The molecule has 1 aliphatic heterocycles. The minimum atomic E-state index is -0.526. The van der Waals surface area contributed by atoms with Gasteiger partial charge in [-0.15, -0.1) is 0 Å². The molecule has 0 bridgehead atoms. The van der Waals surface area contributed by atoms with E-state index in [1.54, 1.807) is 0 Å². The van der Waals surface area contributed by atoms with Crippen molar-refractivity contribution in [2.75, 3.05) is 6.61 Å². The summed E-state index contributed by atoms with van der Waals surface area (Å²) in [6.07, 6.45) is 0.779. The maximum absolute atomic E-state index is 12.2. The van der Waals surface area contributed by atoms with E-state index in [1.165, 1.54) is 4.90 Å². The molecule has 2 rings (SSSR count). The van der Waals surface area contributed by atoms with Crippen molar-refractivity contribution >= 4 is 12.0 Å². The Bertz CT molecular complexity index is 458. The van der Waals surface area contributed by atoms with Gasteiger partial charge in [0, 0.05) is 6.42 Å². The third kappa shape index (κ3) is 2.95. The summed E-state index contributed by atoms with van der Waals surface area (Å²) in [7, 11) is 0. The lowest BCUT2D eigenvalue weighted by atomic mass is 10.0. The Morgan fingerprint density at radius 1 is 1.42 bits per heavy atom. The summed E-state index contributed by atoms with van der Waals surface area (Å²) in [5.41, 5.74) is 0.936. The van der Waals surface area contributed by atoms with E-state index in [0.717, 1.165) is 12.0 Å². The number of cyclic esters (lactones) is 1. The van der Waals surface area contributed by atoms with Gasteiger partial charge in [-0.05, 0) is 11.5 Å². The Morgan fingerprint density at radius 3 is 2.74 bits per heavy atom. The van der Waals surface area contributed by atoms with Gasteiger partial charge in [-0.1, -0.05) is 50.6 Å². The fraction of sp³-hybridized carbons (Fsp3) is 0.467. The van der Waals surface area contributed by atoms with Crippen LogP contribution in [-0.2, 0) is 9.53 Å². The molecule has 4 heteroatoms. The Hall–Kier alpha value is -1.84. The minimum absolute atomic E-state index is 0.147. The number of carbonyl (C=O) groups excluding carboxylic acids is 2. The molecular weight excluding hydrogens is 242 g/mol. The van der Waals surface area contributed by atoms with E-state index in [-0.39, 0.29) is 24.5 Å². The third-order valence-corrected chi connectivity index (χ3v) is 3.55. The number of hydrogen-bond acceptors (Lipinski definition) is 3. The number of amides is 2. The smallest absolute Gasteiger partial charge is 0.417 e. The number of rotatable bonds is 4. The van der Waals surface area contributed by atoms with Crippen molar-refractivity contribution in [3.63, 3.8) is 0 Å². The second-order valence-corrected chi connectivity index (χ2v) is 4.98. The van der Waals surface area contributed by atoms with E-state index in [0.29, 0.717) is 6.42 Å². The highest BCUT2D eigenvalue weighted by molar-refractivity contribution is 5.93. The van der Waals surface area contributed by atoms with Gasteiger partial charge >= 0.3 is 6.09 Å². The van der Waals surface area contributed by atoms with Crippen molar-refractivity contribution in [3.8, 4) is 0 Å². The number of ether oxygens (including phenoxy) is 1. The molecular formula is C15H19NO3. The van der Waals surface area contributed by atoms with Crippen molar-refractivity contribution < 1.29 is 14.3 Å². The zero-order valence-electron chi connectivity index (χ0n) is 11.3. The molecule has 1 fully saturated rings. The number of hydrogen-bond donors (Lipinski definition) is 0. The fourth-order valence-corrected chi connectivity index (χ4v) is 2.16. The number of nitrogens with zero attached hydrogens (tertiary/aromatic N) is 1. The Labute approximate surface area is 113 Å². The van der Waals surface area contributed by atoms with E-state index in [2.05, 4.69) is 0 Å². The first-order valence-corrected chi connectivity index (χ1v) is 6.67. The third-order valence-electron chi connectivity index (χ3n) is 3.55. The van der Waals surface area contributed by atoms with E-state index in [4.69, 9.17) is 4.74 Å². The van der Waals surface area contributed by atoms with Crippen LogP contribution < -0.4 is 0 Å². The zero-order valence-corrected chi connectivity index (χ0v) is 11.3. The molecule has 0 unspecified atom stereocenters. The SMILES string of the molecule is CC[C@@H](C)CC(=O)N1C(=O)OC[C@H]1c1ccccc1. The fourth-order valence-electron chi connectivity index (χ4n) is 2.16. The monoisotopic (exact) mass is 261 g/mol. The Morgan fingerprint density at radius 2 is 2.11 bits per heavy atom. The van der Waals surface area contributed by atoms with Gasteiger partial charge < -0.3 is 4.74 Å². The van der Waals surface area contributed by atoms with Crippen molar-refractivity contribution in [2.45, 2.75) is 32.7 Å². The quantitative estimate of drug-likeness (QED) is 0.836. The van der Waals surface area contributed by atoms with E-state index < -0.39 is 6.09 Å². The first-order chi connectivity index (χ1) is 9.13. The van der Waals surface area contributed by atoms with Crippen molar-refractivity contribution in [3.05, 3.63) is 35.9 Å². The van der Waals surface area contributed by atoms with Crippen LogP contribution in [0, 0.1) is 5.92 Å². The topological polar surface area (TPSA) is 46.6 Å². The number of benzene rings is 1.